The van der Waals surface area contributed by atoms with Gasteiger partial charge in [-0.05, 0) is 48.7 Å². The number of aryl methyl sites for hydroxylation is 2. The fourth-order valence-electron chi connectivity index (χ4n) is 2.19. The molecular formula is C18H20N2O3. The number of amides is 2. The maximum absolute atomic E-state index is 12.1. The van der Waals surface area contributed by atoms with Crippen LogP contribution in [0, 0.1) is 6.92 Å². The average Bonchev–Trinajstić information content (AvgIpc) is 2.49. The van der Waals surface area contributed by atoms with Crippen molar-refractivity contribution in [2.75, 3.05) is 10.6 Å². The fraction of sp³-hybridized carbons (Fsp3) is 0.222. The molecule has 0 spiro atoms. The molecule has 0 bridgehead atoms. The van der Waals surface area contributed by atoms with Gasteiger partial charge in [-0.15, -0.1) is 0 Å². The quantitative estimate of drug-likeness (QED) is 0.793. The zero-order valence-electron chi connectivity index (χ0n) is 13.2. The predicted octanol–water partition coefficient (Wildman–Crippen LogP) is 3.23. The van der Waals surface area contributed by atoms with E-state index in [1.165, 1.54) is 6.92 Å². The minimum atomic E-state index is -0.187. The highest BCUT2D eigenvalue weighted by Gasteiger charge is 2.09. The van der Waals surface area contributed by atoms with Gasteiger partial charge in [0.1, 0.15) is 5.75 Å². The van der Waals surface area contributed by atoms with Crippen LogP contribution < -0.4 is 10.6 Å². The van der Waals surface area contributed by atoms with Crippen molar-refractivity contribution < 1.29 is 14.7 Å². The van der Waals surface area contributed by atoms with Crippen molar-refractivity contribution in [3.63, 3.8) is 0 Å². The number of rotatable bonds is 5. The highest BCUT2D eigenvalue weighted by atomic mass is 16.3. The van der Waals surface area contributed by atoms with Gasteiger partial charge >= 0.3 is 0 Å². The topological polar surface area (TPSA) is 78.4 Å². The lowest BCUT2D eigenvalue weighted by molar-refractivity contribution is -0.116. The fourth-order valence-corrected chi connectivity index (χ4v) is 2.19. The standard InChI is InChI=1S/C18H20N2O3/c1-12-3-9-16(19-13(2)21)17(11-12)20-18(23)10-6-14-4-7-15(22)8-5-14/h3-5,7-9,11,22H,6,10H2,1-2H3,(H,19,21)(H,20,23). The summed E-state index contributed by atoms with van der Waals surface area (Å²) in [5.74, 6) is -0.110. The molecule has 0 unspecified atom stereocenters. The van der Waals surface area contributed by atoms with Crippen molar-refractivity contribution in [3.05, 3.63) is 53.6 Å². The highest BCUT2D eigenvalue weighted by molar-refractivity contribution is 5.99. The molecule has 23 heavy (non-hydrogen) atoms. The van der Waals surface area contributed by atoms with E-state index >= 15 is 0 Å². The Hall–Kier alpha value is -2.82. The Kier molecular flexibility index (Phi) is 5.36. The van der Waals surface area contributed by atoms with Gasteiger partial charge in [-0.25, -0.2) is 0 Å². The van der Waals surface area contributed by atoms with E-state index in [4.69, 9.17) is 0 Å². The number of benzene rings is 2. The van der Waals surface area contributed by atoms with Crippen LogP contribution in [-0.2, 0) is 16.0 Å². The second-order valence-electron chi connectivity index (χ2n) is 5.44. The molecule has 120 valence electrons. The summed E-state index contributed by atoms with van der Waals surface area (Å²) in [4.78, 5) is 23.4. The third kappa shape index (κ3) is 5.14. The Morgan fingerprint density at radius 2 is 1.70 bits per heavy atom. The first kappa shape index (κ1) is 16.5. The van der Waals surface area contributed by atoms with E-state index in [0.717, 1.165) is 11.1 Å². The van der Waals surface area contributed by atoms with Crippen molar-refractivity contribution in [1.82, 2.24) is 0 Å². The molecule has 0 aliphatic heterocycles. The van der Waals surface area contributed by atoms with E-state index in [2.05, 4.69) is 10.6 Å². The molecule has 0 aromatic heterocycles. The van der Waals surface area contributed by atoms with Crippen LogP contribution in [0.25, 0.3) is 0 Å². The first-order valence-electron chi connectivity index (χ1n) is 7.40. The number of hydrogen-bond acceptors (Lipinski definition) is 3. The van der Waals surface area contributed by atoms with Gasteiger partial charge in [-0.3, -0.25) is 9.59 Å². The number of carbonyl (C=O) groups excluding carboxylic acids is 2. The first-order valence-corrected chi connectivity index (χ1v) is 7.40. The third-order valence-electron chi connectivity index (χ3n) is 3.34. The van der Waals surface area contributed by atoms with Crippen LogP contribution in [-0.4, -0.2) is 16.9 Å². The molecule has 3 N–H and O–H groups in total. The van der Waals surface area contributed by atoms with Gasteiger partial charge in [-0.2, -0.15) is 0 Å². The molecule has 5 nitrogen and oxygen atoms in total. The SMILES string of the molecule is CC(=O)Nc1ccc(C)cc1NC(=O)CCc1ccc(O)cc1. The van der Waals surface area contributed by atoms with Crippen LogP contribution >= 0.6 is 0 Å². The van der Waals surface area contributed by atoms with E-state index in [1.54, 1.807) is 30.3 Å². The molecule has 0 atom stereocenters. The summed E-state index contributed by atoms with van der Waals surface area (Å²) < 4.78 is 0. The summed E-state index contributed by atoms with van der Waals surface area (Å²) >= 11 is 0. The van der Waals surface area contributed by atoms with Gasteiger partial charge in [0.15, 0.2) is 0 Å². The van der Waals surface area contributed by atoms with Crippen molar-refractivity contribution >= 4 is 23.2 Å². The highest BCUT2D eigenvalue weighted by Crippen LogP contribution is 2.23. The van der Waals surface area contributed by atoms with Crippen LogP contribution in [0.5, 0.6) is 5.75 Å². The summed E-state index contributed by atoms with van der Waals surface area (Å²) in [6.45, 7) is 3.35. The molecule has 2 aromatic rings. The average molecular weight is 312 g/mol. The largest absolute Gasteiger partial charge is 0.508 e. The number of anilines is 2. The molecule has 0 heterocycles. The maximum atomic E-state index is 12.1. The summed E-state index contributed by atoms with van der Waals surface area (Å²) in [5, 5.41) is 14.8. The van der Waals surface area contributed by atoms with Crippen LogP contribution in [0.15, 0.2) is 42.5 Å². The summed E-state index contributed by atoms with van der Waals surface area (Å²) in [7, 11) is 0. The maximum Gasteiger partial charge on any atom is 0.224 e. The monoisotopic (exact) mass is 312 g/mol. The zero-order valence-corrected chi connectivity index (χ0v) is 13.2. The summed E-state index contributed by atoms with van der Waals surface area (Å²) in [6.07, 6.45) is 0.894. The smallest absolute Gasteiger partial charge is 0.224 e. The molecule has 0 saturated carbocycles. The second kappa shape index (κ2) is 7.45. The minimum Gasteiger partial charge on any atom is -0.508 e. The second-order valence-corrected chi connectivity index (χ2v) is 5.44. The van der Waals surface area contributed by atoms with E-state index in [9.17, 15) is 14.7 Å². The molecular weight excluding hydrogens is 292 g/mol. The van der Waals surface area contributed by atoms with E-state index in [0.29, 0.717) is 24.2 Å². The number of phenolic OH excluding ortho intramolecular Hbond substituents is 1. The number of phenols is 1. The van der Waals surface area contributed by atoms with Crippen LogP contribution in [0.2, 0.25) is 0 Å². The van der Waals surface area contributed by atoms with Gasteiger partial charge in [0.2, 0.25) is 11.8 Å². The van der Waals surface area contributed by atoms with Crippen molar-refractivity contribution in [3.8, 4) is 5.75 Å². The molecule has 0 aliphatic rings. The van der Waals surface area contributed by atoms with Gasteiger partial charge in [0, 0.05) is 13.3 Å². The normalized spacial score (nSPS) is 10.2. The number of hydrogen-bond donors (Lipinski definition) is 3. The molecule has 2 rings (SSSR count). The molecule has 0 fully saturated rings. The van der Waals surface area contributed by atoms with Gasteiger partial charge in [0.25, 0.3) is 0 Å². The summed E-state index contributed by atoms with van der Waals surface area (Å²) in [5.41, 5.74) is 3.15. The van der Waals surface area contributed by atoms with E-state index < -0.39 is 0 Å². The predicted molar refractivity (Wildman–Crippen MR) is 90.5 cm³/mol. The number of carbonyl (C=O) groups is 2. The van der Waals surface area contributed by atoms with E-state index in [1.807, 2.05) is 19.1 Å². The van der Waals surface area contributed by atoms with E-state index in [-0.39, 0.29) is 17.6 Å². The van der Waals surface area contributed by atoms with Crippen molar-refractivity contribution in [2.24, 2.45) is 0 Å². The molecule has 2 amide bonds. The number of aromatic hydroxyl groups is 1. The lowest BCUT2D eigenvalue weighted by atomic mass is 10.1. The van der Waals surface area contributed by atoms with Gasteiger partial charge in [0.05, 0.1) is 11.4 Å². The Balaban J connectivity index is 2.00. The minimum absolute atomic E-state index is 0.129. The molecule has 0 radical (unpaired) electrons. The van der Waals surface area contributed by atoms with Crippen LogP contribution in [0.3, 0.4) is 0 Å². The Morgan fingerprint density at radius 1 is 1.00 bits per heavy atom. The van der Waals surface area contributed by atoms with Crippen LogP contribution in [0.4, 0.5) is 11.4 Å². The molecule has 0 aliphatic carbocycles. The molecule has 5 heteroatoms. The molecule has 0 saturated heterocycles. The van der Waals surface area contributed by atoms with Gasteiger partial charge < -0.3 is 15.7 Å². The van der Waals surface area contributed by atoms with Crippen molar-refractivity contribution in [1.29, 1.82) is 0 Å². The lowest BCUT2D eigenvalue weighted by Crippen LogP contribution is -2.15. The Labute approximate surface area is 135 Å². The Morgan fingerprint density at radius 3 is 2.35 bits per heavy atom. The third-order valence-corrected chi connectivity index (χ3v) is 3.34. The lowest BCUT2D eigenvalue weighted by Gasteiger charge is -2.12. The zero-order chi connectivity index (χ0) is 16.8. The molecule has 2 aromatic carbocycles. The first-order chi connectivity index (χ1) is 10.9. The number of nitrogens with one attached hydrogen (secondary N) is 2. The Bertz CT molecular complexity index is 709. The summed E-state index contributed by atoms with van der Waals surface area (Å²) in [6, 6.07) is 12.2. The van der Waals surface area contributed by atoms with Crippen molar-refractivity contribution in [2.45, 2.75) is 26.7 Å². The van der Waals surface area contributed by atoms with Crippen LogP contribution in [0.1, 0.15) is 24.5 Å². The van der Waals surface area contributed by atoms with Gasteiger partial charge in [-0.1, -0.05) is 18.2 Å².